The minimum atomic E-state index is -0.232. The molecule has 0 spiro atoms. The van der Waals surface area contributed by atoms with Gasteiger partial charge in [-0.25, -0.2) is 14.5 Å². The molecule has 2 heterocycles. The Bertz CT molecular complexity index is 698. The standard InChI is InChI=1S/C17H23N5O2/c1-12(2)10-24-15-6-4-3-5-14(15)21-17(23)20-13-7-8-16-18-11-19-22(16)9-13/h3-6,11-13H,7-10H2,1-2H3,(H2,20,21,23). The quantitative estimate of drug-likeness (QED) is 0.883. The normalized spacial score (nSPS) is 16.5. The summed E-state index contributed by atoms with van der Waals surface area (Å²) in [4.78, 5) is 16.5. The Hall–Kier alpha value is -2.57. The number of benzene rings is 1. The van der Waals surface area contributed by atoms with Crippen LogP contribution in [0.3, 0.4) is 0 Å². The smallest absolute Gasteiger partial charge is 0.319 e. The van der Waals surface area contributed by atoms with Crippen LogP contribution in [0.25, 0.3) is 0 Å². The lowest BCUT2D eigenvalue weighted by Gasteiger charge is -2.24. The van der Waals surface area contributed by atoms with Crippen LogP contribution in [0.1, 0.15) is 26.1 Å². The monoisotopic (exact) mass is 329 g/mol. The molecule has 0 saturated carbocycles. The fourth-order valence-electron chi connectivity index (χ4n) is 2.65. The van der Waals surface area contributed by atoms with Gasteiger partial charge in [0.2, 0.25) is 0 Å². The first-order valence-corrected chi connectivity index (χ1v) is 8.28. The van der Waals surface area contributed by atoms with Gasteiger partial charge in [-0.1, -0.05) is 26.0 Å². The largest absolute Gasteiger partial charge is 0.491 e. The number of nitrogens with zero attached hydrogens (tertiary/aromatic N) is 3. The number of anilines is 1. The molecule has 0 aliphatic carbocycles. The Balaban J connectivity index is 1.57. The van der Waals surface area contributed by atoms with Crippen LogP contribution in [0.15, 0.2) is 30.6 Å². The molecular formula is C17H23N5O2. The predicted molar refractivity (Wildman–Crippen MR) is 91.1 cm³/mol. The van der Waals surface area contributed by atoms with Crippen LogP contribution >= 0.6 is 0 Å². The first-order valence-electron chi connectivity index (χ1n) is 8.28. The first kappa shape index (κ1) is 16.3. The molecule has 0 bridgehead atoms. The summed E-state index contributed by atoms with van der Waals surface area (Å²) < 4.78 is 7.60. The third-order valence-electron chi connectivity index (χ3n) is 3.85. The molecule has 24 heavy (non-hydrogen) atoms. The molecule has 3 rings (SSSR count). The van der Waals surface area contributed by atoms with Crippen molar-refractivity contribution in [1.82, 2.24) is 20.1 Å². The molecule has 1 atom stereocenters. The van der Waals surface area contributed by atoms with E-state index in [4.69, 9.17) is 4.74 Å². The highest BCUT2D eigenvalue weighted by molar-refractivity contribution is 5.91. The van der Waals surface area contributed by atoms with Crippen LogP contribution in [0.4, 0.5) is 10.5 Å². The van der Waals surface area contributed by atoms with E-state index in [1.54, 1.807) is 6.33 Å². The van der Waals surface area contributed by atoms with Crippen molar-refractivity contribution in [3.63, 3.8) is 0 Å². The highest BCUT2D eigenvalue weighted by atomic mass is 16.5. The molecule has 128 valence electrons. The first-order chi connectivity index (χ1) is 11.6. The van der Waals surface area contributed by atoms with Gasteiger partial charge in [-0.15, -0.1) is 0 Å². The number of nitrogens with one attached hydrogen (secondary N) is 2. The Morgan fingerprint density at radius 2 is 2.25 bits per heavy atom. The molecule has 7 nitrogen and oxygen atoms in total. The van der Waals surface area contributed by atoms with Gasteiger partial charge in [-0.3, -0.25) is 0 Å². The van der Waals surface area contributed by atoms with Crippen LogP contribution < -0.4 is 15.4 Å². The fourth-order valence-corrected chi connectivity index (χ4v) is 2.65. The van der Waals surface area contributed by atoms with Gasteiger partial charge in [0.05, 0.1) is 24.9 Å². The molecule has 1 aliphatic rings. The zero-order chi connectivity index (χ0) is 16.9. The summed E-state index contributed by atoms with van der Waals surface area (Å²) in [7, 11) is 0. The summed E-state index contributed by atoms with van der Waals surface area (Å²) in [6.45, 7) is 5.43. The van der Waals surface area contributed by atoms with Crippen LogP contribution in [0.2, 0.25) is 0 Å². The predicted octanol–water partition coefficient (Wildman–Crippen LogP) is 2.45. The van der Waals surface area contributed by atoms with Crippen molar-refractivity contribution in [2.75, 3.05) is 11.9 Å². The average molecular weight is 329 g/mol. The molecule has 1 aromatic heterocycles. The number of aromatic nitrogens is 3. The Morgan fingerprint density at radius 3 is 3.08 bits per heavy atom. The van der Waals surface area contributed by atoms with Crippen molar-refractivity contribution >= 4 is 11.7 Å². The molecule has 1 unspecified atom stereocenters. The second kappa shape index (κ2) is 7.33. The van der Waals surface area contributed by atoms with Crippen LogP contribution in [0, 0.1) is 5.92 Å². The van der Waals surface area contributed by atoms with E-state index < -0.39 is 0 Å². The summed E-state index contributed by atoms with van der Waals surface area (Å²) in [5.41, 5.74) is 0.674. The van der Waals surface area contributed by atoms with Crippen molar-refractivity contribution in [1.29, 1.82) is 0 Å². The highest BCUT2D eigenvalue weighted by Crippen LogP contribution is 2.24. The van der Waals surface area contributed by atoms with Crippen molar-refractivity contribution in [3.05, 3.63) is 36.4 Å². The van der Waals surface area contributed by atoms with E-state index in [-0.39, 0.29) is 12.1 Å². The van der Waals surface area contributed by atoms with E-state index >= 15 is 0 Å². The molecule has 7 heteroatoms. The van der Waals surface area contributed by atoms with E-state index in [0.717, 1.165) is 18.7 Å². The summed E-state index contributed by atoms with van der Waals surface area (Å²) in [6.07, 6.45) is 3.23. The number of hydrogen-bond donors (Lipinski definition) is 2. The summed E-state index contributed by atoms with van der Waals surface area (Å²) in [6, 6.07) is 7.28. The van der Waals surface area contributed by atoms with Gasteiger partial charge in [-0.05, 0) is 24.5 Å². The van der Waals surface area contributed by atoms with Gasteiger partial charge < -0.3 is 15.4 Å². The zero-order valence-corrected chi connectivity index (χ0v) is 14.0. The van der Waals surface area contributed by atoms with Gasteiger partial charge in [0.25, 0.3) is 0 Å². The Labute approximate surface area is 141 Å². The lowest BCUT2D eigenvalue weighted by atomic mass is 10.1. The number of fused-ring (bicyclic) bond motifs is 1. The lowest BCUT2D eigenvalue weighted by Crippen LogP contribution is -2.43. The SMILES string of the molecule is CC(C)COc1ccccc1NC(=O)NC1CCc2ncnn2C1. The number of aryl methyl sites for hydroxylation is 1. The summed E-state index contributed by atoms with van der Waals surface area (Å²) in [5.74, 6) is 2.08. The molecule has 1 aliphatic heterocycles. The number of para-hydroxylation sites is 2. The van der Waals surface area contributed by atoms with E-state index in [1.165, 1.54) is 0 Å². The fraction of sp³-hybridized carbons (Fsp3) is 0.471. The molecule has 0 fully saturated rings. The van der Waals surface area contributed by atoms with Crippen LogP contribution in [-0.2, 0) is 13.0 Å². The minimum Gasteiger partial charge on any atom is -0.491 e. The number of hydrogen-bond acceptors (Lipinski definition) is 4. The third-order valence-corrected chi connectivity index (χ3v) is 3.85. The van der Waals surface area contributed by atoms with Crippen molar-refractivity contribution in [3.8, 4) is 5.75 Å². The second-order valence-corrected chi connectivity index (χ2v) is 6.39. The molecule has 2 N–H and O–H groups in total. The Morgan fingerprint density at radius 1 is 1.42 bits per heavy atom. The molecule has 2 aromatic rings. The number of rotatable bonds is 5. The van der Waals surface area contributed by atoms with Gasteiger partial charge in [0, 0.05) is 6.42 Å². The zero-order valence-electron chi connectivity index (χ0n) is 14.0. The van der Waals surface area contributed by atoms with Gasteiger partial charge >= 0.3 is 6.03 Å². The second-order valence-electron chi connectivity index (χ2n) is 6.39. The van der Waals surface area contributed by atoms with Crippen molar-refractivity contribution < 1.29 is 9.53 Å². The summed E-state index contributed by atoms with van der Waals surface area (Å²) >= 11 is 0. The van der Waals surface area contributed by atoms with E-state index in [1.807, 2.05) is 28.9 Å². The topological polar surface area (TPSA) is 81.1 Å². The van der Waals surface area contributed by atoms with Crippen molar-refractivity contribution in [2.24, 2.45) is 5.92 Å². The van der Waals surface area contributed by atoms with Crippen LogP contribution in [-0.4, -0.2) is 33.4 Å². The molecule has 0 radical (unpaired) electrons. The van der Waals surface area contributed by atoms with Gasteiger partial charge in [0.1, 0.15) is 17.9 Å². The van der Waals surface area contributed by atoms with Crippen molar-refractivity contribution in [2.45, 2.75) is 39.3 Å². The number of ether oxygens (including phenoxy) is 1. The number of carbonyl (C=O) groups is 1. The molecule has 1 aromatic carbocycles. The summed E-state index contributed by atoms with van der Waals surface area (Å²) in [5, 5.41) is 10.0. The Kier molecular flexibility index (Phi) is 4.98. The van der Waals surface area contributed by atoms with E-state index in [2.05, 4.69) is 34.6 Å². The molecular weight excluding hydrogens is 306 g/mol. The van der Waals surface area contributed by atoms with E-state index in [9.17, 15) is 4.79 Å². The molecule has 2 amide bonds. The maximum absolute atomic E-state index is 12.3. The van der Waals surface area contributed by atoms with Gasteiger partial charge in [0.15, 0.2) is 0 Å². The van der Waals surface area contributed by atoms with Crippen LogP contribution in [0.5, 0.6) is 5.75 Å². The average Bonchev–Trinajstić information content (AvgIpc) is 3.01. The highest BCUT2D eigenvalue weighted by Gasteiger charge is 2.21. The number of amides is 2. The van der Waals surface area contributed by atoms with Gasteiger partial charge in [-0.2, -0.15) is 5.10 Å². The maximum Gasteiger partial charge on any atom is 0.319 e. The number of urea groups is 1. The molecule has 0 saturated heterocycles. The van der Waals surface area contributed by atoms with E-state index in [0.29, 0.717) is 30.5 Å². The third kappa shape index (κ3) is 4.04. The lowest BCUT2D eigenvalue weighted by molar-refractivity contribution is 0.242. The minimum absolute atomic E-state index is 0.0444. The maximum atomic E-state index is 12.3. The number of carbonyl (C=O) groups excluding carboxylic acids is 1.